The fourth-order valence-corrected chi connectivity index (χ4v) is 3.87. The lowest BCUT2D eigenvalue weighted by atomic mass is 9.99. The molecule has 2 fully saturated rings. The largest absolute Gasteiger partial charge is 0.382 e. The second-order valence-electron chi connectivity index (χ2n) is 7.04. The minimum Gasteiger partial charge on any atom is -0.382 e. The molecule has 3 rings (SSSR count). The van der Waals surface area contributed by atoms with E-state index in [9.17, 15) is 0 Å². The van der Waals surface area contributed by atoms with Crippen LogP contribution in [0.5, 0.6) is 0 Å². The van der Waals surface area contributed by atoms with E-state index >= 15 is 0 Å². The minimum atomic E-state index is 0.349. The van der Waals surface area contributed by atoms with Gasteiger partial charge in [0.15, 0.2) is 0 Å². The smallest absolute Gasteiger partial charge is 0.0570 e. The van der Waals surface area contributed by atoms with E-state index in [1.807, 2.05) is 0 Å². The summed E-state index contributed by atoms with van der Waals surface area (Å²) in [5.41, 5.74) is 2.59. The third kappa shape index (κ3) is 4.39. The lowest BCUT2D eigenvalue weighted by molar-refractivity contribution is -0.0337. The van der Waals surface area contributed by atoms with Crippen molar-refractivity contribution in [1.29, 1.82) is 0 Å². The summed E-state index contributed by atoms with van der Waals surface area (Å²) in [7, 11) is 0. The third-order valence-electron chi connectivity index (χ3n) is 5.10. The molecular weight excluding hydrogens is 286 g/mol. The monoisotopic (exact) mass is 317 g/mol. The number of ether oxygens (including phenoxy) is 1. The van der Waals surface area contributed by atoms with Crippen LogP contribution >= 0.6 is 0 Å². The SMILES string of the molecule is CCN1CCN(c2cccc(NC3C[C@@H](C)O[C@@H](C)C3)c2)CC1. The van der Waals surface area contributed by atoms with Crippen molar-refractivity contribution in [2.24, 2.45) is 0 Å². The van der Waals surface area contributed by atoms with Crippen LogP contribution in [-0.2, 0) is 4.74 Å². The molecule has 2 aliphatic heterocycles. The van der Waals surface area contributed by atoms with Crippen molar-refractivity contribution in [3.05, 3.63) is 24.3 Å². The molecule has 1 aromatic rings. The van der Waals surface area contributed by atoms with Crippen LogP contribution in [0.2, 0.25) is 0 Å². The van der Waals surface area contributed by atoms with Gasteiger partial charge in [0.25, 0.3) is 0 Å². The molecule has 3 atom stereocenters. The molecule has 0 saturated carbocycles. The molecule has 2 heterocycles. The fraction of sp³-hybridized carbons (Fsp3) is 0.684. The summed E-state index contributed by atoms with van der Waals surface area (Å²) in [4.78, 5) is 5.02. The van der Waals surface area contributed by atoms with Gasteiger partial charge in [-0.2, -0.15) is 0 Å². The Morgan fingerprint density at radius 2 is 1.78 bits per heavy atom. The van der Waals surface area contributed by atoms with Crippen LogP contribution in [-0.4, -0.2) is 55.9 Å². The molecule has 2 saturated heterocycles. The molecule has 0 amide bonds. The molecule has 1 aromatic carbocycles. The Hall–Kier alpha value is -1.26. The summed E-state index contributed by atoms with van der Waals surface area (Å²) >= 11 is 0. The molecule has 0 spiro atoms. The van der Waals surface area contributed by atoms with Gasteiger partial charge in [-0.3, -0.25) is 0 Å². The van der Waals surface area contributed by atoms with Crippen molar-refractivity contribution < 1.29 is 4.74 Å². The summed E-state index contributed by atoms with van der Waals surface area (Å²) in [5.74, 6) is 0. The van der Waals surface area contributed by atoms with Gasteiger partial charge in [-0.05, 0) is 51.4 Å². The Kier molecular flexibility index (Phi) is 5.44. The predicted molar refractivity (Wildman–Crippen MR) is 97.4 cm³/mol. The number of hydrogen-bond donors (Lipinski definition) is 1. The van der Waals surface area contributed by atoms with Crippen LogP contribution < -0.4 is 10.2 Å². The van der Waals surface area contributed by atoms with Gasteiger partial charge in [-0.15, -0.1) is 0 Å². The third-order valence-corrected chi connectivity index (χ3v) is 5.10. The molecule has 4 heteroatoms. The fourth-order valence-electron chi connectivity index (χ4n) is 3.87. The summed E-state index contributed by atoms with van der Waals surface area (Å²) in [6.07, 6.45) is 2.87. The summed E-state index contributed by atoms with van der Waals surface area (Å²) < 4.78 is 5.84. The molecule has 0 radical (unpaired) electrons. The minimum absolute atomic E-state index is 0.349. The lowest BCUT2D eigenvalue weighted by Crippen LogP contribution is -2.46. The number of anilines is 2. The Bertz CT molecular complexity index is 489. The first-order valence-electron chi connectivity index (χ1n) is 9.13. The van der Waals surface area contributed by atoms with Crippen LogP contribution in [0.15, 0.2) is 24.3 Å². The standard InChI is InChI=1S/C19H31N3O/c1-4-21-8-10-22(11-9-21)19-7-5-6-17(14-19)20-18-12-15(2)23-16(3)13-18/h5-7,14-16,18,20H,4,8-13H2,1-3H3/t15-,16+,18?. The Morgan fingerprint density at radius 1 is 1.09 bits per heavy atom. The number of rotatable bonds is 4. The van der Waals surface area contributed by atoms with Crippen molar-refractivity contribution in [3.8, 4) is 0 Å². The highest BCUT2D eigenvalue weighted by Crippen LogP contribution is 2.25. The highest BCUT2D eigenvalue weighted by Gasteiger charge is 2.24. The average molecular weight is 317 g/mol. The van der Waals surface area contributed by atoms with Gasteiger partial charge in [0.1, 0.15) is 0 Å². The number of likely N-dealkylation sites (N-methyl/N-ethyl adjacent to an activating group) is 1. The van der Waals surface area contributed by atoms with Gasteiger partial charge < -0.3 is 19.9 Å². The maximum atomic E-state index is 5.84. The molecule has 0 aromatic heterocycles. The normalized spacial score (nSPS) is 29.5. The van der Waals surface area contributed by atoms with Gasteiger partial charge in [-0.25, -0.2) is 0 Å². The summed E-state index contributed by atoms with van der Waals surface area (Å²) in [5, 5.41) is 3.72. The predicted octanol–water partition coefficient (Wildman–Crippen LogP) is 3.20. The maximum absolute atomic E-state index is 5.84. The first-order valence-corrected chi connectivity index (χ1v) is 9.13. The van der Waals surface area contributed by atoms with Crippen LogP contribution in [0, 0.1) is 0 Å². The molecule has 128 valence electrons. The average Bonchev–Trinajstić information content (AvgIpc) is 2.54. The van der Waals surface area contributed by atoms with E-state index in [1.165, 1.54) is 24.5 Å². The lowest BCUT2D eigenvalue weighted by Gasteiger charge is -2.36. The number of piperazine rings is 1. The summed E-state index contributed by atoms with van der Waals surface area (Å²) in [6.45, 7) is 12.4. The van der Waals surface area contributed by atoms with E-state index in [-0.39, 0.29) is 0 Å². The zero-order valence-corrected chi connectivity index (χ0v) is 14.8. The second-order valence-corrected chi connectivity index (χ2v) is 7.04. The molecule has 23 heavy (non-hydrogen) atoms. The maximum Gasteiger partial charge on any atom is 0.0570 e. The number of nitrogens with zero attached hydrogens (tertiary/aromatic N) is 2. The molecular formula is C19H31N3O. The molecule has 1 unspecified atom stereocenters. The number of benzene rings is 1. The molecule has 1 N–H and O–H groups in total. The number of nitrogens with one attached hydrogen (secondary N) is 1. The van der Waals surface area contributed by atoms with E-state index in [1.54, 1.807) is 0 Å². The summed E-state index contributed by atoms with van der Waals surface area (Å²) in [6, 6.07) is 9.43. The van der Waals surface area contributed by atoms with Crippen molar-refractivity contribution in [3.63, 3.8) is 0 Å². The van der Waals surface area contributed by atoms with Crippen LogP contribution in [0.1, 0.15) is 33.6 Å². The molecule has 4 nitrogen and oxygen atoms in total. The first kappa shape index (κ1) is 16.6. The van der Waals surface area contributed by atoms with Crippen molar-refractivity contribution in [1.82, 2.24) is 4.90 Å². The number of hydrogen-bond acceptors (Lipinski definition) is 4. The Morgan fingerprint density at radius 3 is 2.43 bits per heavy atom. The van der Waals surface area contributed by atoms with Gasteiger partial charge in [0.2, 0.25) is 0 Å². The highest BCUT2D eigenvalue weighted by atomic mass is 16.5. The second kappa shape index (κ2) is 7.54. The van der Waals surface area contributed by atoms with E-state index in [4.69, 9.17) is 4.74 Å². The van der Waals surface area contributed by atoms with Crippen LogP contribution in [0.4, 0.5) is 11.4 Å². The Balaban J connectivity index is 1.61. The molecule has 0 bridgehead atoms. The molecule has 0 aliphatic carbocycles. The van der Waals surface area contributed by atoms with E-state index in [2.05, 4.69) is 60.2 Å². The van der Waals surface area contributed by atoms with Gasteiger partial charge in [-0.1, -0.05) is 13.0 Å². The Labute approximate surface area is 140 Å². The molecule has 2 aliphatic rings. The van der Waals surface area contributed by atoms with Gasteiger partial charge in [0, 0.05) is 43.6 Å². The van der Waals surface area contributed by atoms with Crippen LogP contribution in [0.25, 0.3) is 0 Å². The topological polar surface area (TPSA) is 27.7 Å². The van der Waals surface area contributed by atoms with Crippen molar-refractivity contribution >= 4 is 11.4 Å². The quantitative estimate of drug-likeness (QED) is 0.923. The van der Waals surface area contributed by atoms with E-state index in [0.29, 0.717) is 18.2 Å². The zero-order chi connectivity index (χ0) is 16.2. The zero-order valence-electron chi connectivity index (χ0n) is 14.8. The van der Waals surface area contributed by atoms with Gasteiger partial charge in [0.05, 0.1) is 12.2 Å². The van der Waals surface area contributed by atoms with E-state index < -0.39 is 0 Å². The van der Waals surface area contributed by atoms with Crippen LogP contribution in [0.3, 0.4) is 0 Å². The van der Waals surface area contributed by atoms with Gasteiger partial charge >= 0.3 is 0 Å². The first-order chi connectivity index (χ1) is 11.1. The van der Waals surface area contributed by atoms with Crippen molar-refractivity contribution in [2.75, 3.05) is 42.9 Å². The highest BCUT2D eigenvalue weighted by molar-refractivity contribution is 5.58. The van der Waals surface area contributed by atoms with Crippen molar-refractivity contribution in [2.45, 2.75) is 51.9 Å². The van der Waals surface area contributed by atoms with E-state index in [0.717, 1.165) is 32.5 Å².